The third-order valence-electron chi connectivity index (χ3n) is 4.76. The molecule has 0 amide bonds. The second-order valence-electron chi connectivity index (χ2n) is 7.07. The minimum Gasteiger partial charge on any atom is -0.442 e. The maximum absolute atomic E-state index is 12.9. The number of furan rings is 1. The number of anilines is 1. The lowest BCUT2D eigenvalue weighted by atomic mass is 10.1. The first-order valence-electron chi connectivity index (χ1n) is 9.56. The fourth-order valence-corrected chi connectivity index (χ4v) is 6.24. The summed E-state index contributed by atoms with van der Waals surface area (Å²) in [6.45, 7) is 4.02. The summed E-state index contributed by atoms with van der Waals surface area (Å²) in [7, 11) is -7.25. The molecule has 0 aliphatic heterocycles. The third-order valence-corrected chi connectivity index (χ3v) is 8.43. The molecule has 0 aliphatic carbocycles. The van der Waals surface area contributed by atoms with Gasteiger partial charge < -0.3 is 4.42 Å². The van der Waals surface area contributed by atoms with Gasteiger partial charge in [0.05, 0.1) is 16.7 Å². The number of hydrogen-bond donors (Lipinski definition) is 0. The average Bonchev–Trinajstić information content (AvgIpc) is 3.30. The van der Waals surface area contributed by atoms with Crippen LogP contribution in [0.15, 0.2) is 57.2 Å². The molecule has 3 aromatic rings. The summed E-state index contributed by atoms with van der Waals surface area (Å²) < 4.78 is 58.1. The third kappa shape index (κ3) is 4.79. The van der Waals surface area contributed by atoms with Crippen LogP contribution in [-0.4, -0.2) is 29.6 Å². The van der Waals surface area contributed by atoms with Crippen LogP contribution in [0.4, 0.5) is 5.88 Å². The topological polar surface area (TPSA) is 84.7 Å². The highest BCUT2D eigenvalue weighted by atomic mass is 32.2. The van der Waals surface area contributed by atoms with E-state index in [4.69, 9.17) is 4.42 Å². The van der Waals surface area contributed by atoms with E-state index in [2.05, 4.69) is 0 Å². The van der Waals surface area contributed by atoms with E-state index in [1.54, 1.807) is 37.3 Å². The van der Waals surface area contributed by atoms with Crippen molar-refractivity contribution in [2.45, 2.75) is 37.3 Å². The van der Waals surface area contributed by atoms with Gasteiger partial charge in [0.2, 0.25) is 15.9 Å². The van der Waals surface area contributed by atoms with E-state index >= 15 is 0 Å². The number of rotatable bonds is 9. The quantitative estimate of drug-likeness (QED) is 0.449. The van der Waals surface area contributed by atoms with Crippen LogP contribution in [0.25, 0.3) is 10.4 Å². The average molecular weight is 468 g/mol. The van der Waals surface area contributed by atoms with Gasteiger partial charge in [0.15, 0.2) is 9.84 Å². The zero-order valence-corrected chi connectivity index (χ0v) is 19.6. The number of thiophene rings is 1. The summed E-state index contributed by atoms with van der Waals surface area (Å²) in [5.41, 5.74) is 1.27. The maximum Gasteiger partial charge on any atom is 0.234 e. The van der Waals surface area contributed by atoms with E-state index < -0.39 is 19.9 Å². The highest BCUT2D eigenvalue weighted by Gasteiger charge is 2.30. The van der Waals surface area contributed by atoms with E-state index in [0.717, 1.165) is 17.6 Å². The molecule has 0 spiro atoms. The molecule has 0 bridgehead atoms. The van der Waals surface area contributed by atoms with Crippen LogP contribution in [0.1, 0.15) is 31.1 Å². The number of unbranched alkanes of at least 4 members (excludes halogenated alkanes) is 1. The first-order chi connectivity index (χ1) is 14.1. The molecule has 0 unspecified atom stereocenters. The van der Waals surface area contributed by atoms with Gasteiger partial charge in [-0.15, -0.1) is 11.3 Å². The van der Waals surface area contributed by atoms with Gasteiger partial charge in [-0.3, -0.25) is 0 Å². The lowest BCUT2D eigenvalue weighted by Crippen LogP contribution is -2.30. The van der Waals surface area contributed by atoms with Crippen LogP contribution in [0.3, 0.4) is 0 Å². The molecule has 1 aromatic carbocycles. The molecule has 0 fully saturated rings. The first kappa shape index (κ1) is 22.6. The van der Waals surface area contributed by atoms with Crippen molar-refractivity contribution in [1.82, 2.24) is 0 Å². The maximum atomic E-state index is 12.9. The highest BCUT2D eigenvalue weighted by molar-refractivity contribution is 7.92. The lowest BCUT2D eigenvalue weighted by Gasteiger charge is -2.20. The van der Waals surface area contributed by atoms with E-state index in [1.165, 1.54) is 15.6 Å². The molecule has 3 rings (SSSR count). The predicted octanol–water partition coefficient (Wildman–Crippen LogP) is 4.86. The Morgan fingerprint density at radius 1 is 1.03 bits per heavy atom. The summed E-state index contributed by atoms with van der Waals surface area (Å²) in [5.74, 6) is 0.0960. The molecule has 30 heavy (non-hydrogen) atoms. The van der Waals surface area contributed by atoms with Crippen molar-refractivity contribution in [2.75, 3.05) is 17.1 Å². The second kappa shape index (κ2) is 8.95. The summed E-state index contributed by atoms with van der Waals surface area (Å²) in [4.78, 5) is 1.03. The van der Waals surface area contributed by atoms with Crippen molar-refractivity contribution >= 4 is 37.1 Å². The SMILES string of the molecule is CCCCN(c1oc(CS(=O)(=O)c2ccccc2)c(C)c1-c1cccs1)S(C)(=O)=O. The number of sulfonamides is 1. The summed E-state index contributed by atoms with van der Waals surface area (Å²) in [5, 5.41) is 1.89. The van der Waals surface area contributed by atoms with Gasteiger partial charge in [-0.2, -0.15) is 0 Å². The predicted molar refractivity (Wildman–Crippen MR) is 121 cm³/mol. The van der Waals surface area contributed by atoms with Crippen molar-refractivity contribution in [2.24, 2.45) is 0 Å². The number of nitrogens with zero attached hydrogens (tertiary/aromatic N) is 1. The number of sulfone groups is 1. The Morgan fingerprint density at radius 2 is 1.73 bits per heavy atom. The molecule has 0 saturated heterocycles. The molecule has 2 aromatic heterocycles. The van der Waals surface area contributed by atoms with Crippen LogP contribution in [-0.2, 0) is 25.6 Å². The Bertz CT molecular complexity index is 1200. The fraction of sp³-hybridized carbons (Fsp3) is 0.333. The van der Waals surface area contributed by atoms with Crippen LogP contribution < -0.4 is 4.31 Å². The molecule has 0 atom stereocenters. The zero-order valence-electron chi connectivity index (χ0n) is 17.2. The Kier molecular flexibility index (Phi) is 6.74. The van der Waals surface area contributed by atoms with Crippen molar-refractivity contribution in [3.05, 3.63) is 59.2 Å². The van der Waals surface area contributed by atoms with Gasteiger partial charge >= 0.3 is 0 Å². The van der Waals surface area contributed by atoms with E-state index in [9.17, 15) is 16.8 Å². The molecule has 2 heterocycles. The Hall–Kier alpha value is -2.10. The Balaban J connectivity index is 2.14. The van der Waals surface area contributed by atoms with Crippen LogP contribution in [0.2, 0.25) is 0 Å². The summed E-state index contributed by atoms with van der Waals surface area (Å²) >= 11 is 1.45. The number of benzene rings is 1. The van der Waals surface area contributed by atoms with Crippen LogP contribution in [0, 0.1) is 6.92 Å². The Morgan fingerprint density at radius 3 is 2.30 bits per heavy atom. The standard InChI is InChI=1S/C21H25NO5S3/c1-4-5-13-22(29(3,23)24)21-20(19-12-9-14-28-19)16(2)18(27-21)15-30(25,26)17-10-7-6-8-11-17/h6-12,14H,4-5,13,15H2,1-3H3. The minimum atomic E-state index is -3.64. The fourth-order valence-electron chi connectivity index (χ4n) is 3.17. The molecule has 6 nitrogen and oxygen atoms in total. The van der Waals surface area contributed by atoms with Gasteiger partial charge in [0.1, 0.15) is 11.5 Å². The number of hydrogen-bond acceptors (Lipinski definition) is 6. The summed E-state index contributed by atoms with van der Waals surface area (Å²) in [6, 6.07) is 11.9. The van der Waals surface area contributed by atoms with Crippen molar-refractivity contribution in [3.63, 3.8) is 0 Å². The van der Waals surface area contributed by atoms with Crippen molar-refractivity contribution < 1.29 is 21.3 Å². The van der Waals surface area contributed by atoms with Gasteiger partial charge in [0.25, 0.3) is 0 Å². The normalized spacial score (nSPS) is 12.2. The first-order valence-corrected chi connectivity index (χ1v) is 13.9. The molecule has 0 radical (unpaired) electrons. The molecule has 0 aliphatic rings. The van der Waals surface area contributed by atoms with E-state index in [0.29, 0.717) is 17.5 Å². The zero-order chi connectivity index (χ0) is 21.9. The molecule has 0 saturated carbocycles. The lowest BCUT2D eigenvalue weighted by molar-refractivity contribution is 0.514. The van der Waals surface area contributed by atoms with Crippen LogP contribution >= 0.6 is 11.3 Å². The molecular weight excluding hydrogens is 442 g/mol. The smallest absolute Gasteiger partial charge is 0.234 e. The molecule has 0 N–H and O–H groups in total. The molecule has 9 heteroatoms. The second-order valence-corrected chi connectivity index (χ2v) is 11.9. The van der Waals surface area contributed by atoms with Gasteiger partial charge in [-0.05, 0) is 36.9 Å². The monoisotopic (exact) mass is 467 g/mol. The molecule has 162 valence electrons. The Labute approximate surface area is 182 Å². The van der Waals surface area contributed by atoms with E-state index in [1.807, 2.05) is 24.4 Å². The largest absolute Gasteiger partial charge is 0.442 e. The van der Waals surface area contributed by atoms with Crippen LogP contribution in [0.5, 0.6) is 0 Å². The minimum absolute atomic E-state index is 0.184. The van der Waals surface area contributed by atoms with Crippen molar-refractivity contribution in [3.8, 4) is 10.4 Å². The van der Waals surface area contributed by atoms with Crippen molar-refractivity contribution in [1.29, 1.82) is 0 Å². The van der Waals surface area contributed by atoms with Gasteiger partial charge in [-0.1, -0.05) is 37.6 Å². The van der Waals surface area contributed by atoms with E-state index in [-0.39, 0.29) is 28.8 Å². The highest BCUT2D eigenvalue weighted by Crippen LogP contribution is 2.42. The van der Waals surface area contributed by atoms with Gasteiger partial charge in [0, 0.05) is 17.0 Å². The molecular formula is C21H25NO5S3. The summed E-state index contributed by atoms with van der Waals surface area (Å²) in [6.07, 6.45) is 2.61. The van der Waals surface area contributed by atoms with Gasteiger partial charge in [-0.25, -0.2) is 21.1 Å².